The molecular formula is C30H29ClN2O3. The molecule has 0 spiro atoms. The van der Waals surface area contributed by atoms with Gasteiger partial charge in [0.25, 0.3) is 0 Å². The number of carboxylic acid groups (broad SMARTS) is 1. The average molecular weight is 501 g/mol. The number of aromatic nitrogens is 1. The zero-order chi connectivity index (χ0) is 25.3. The number of hydrogen-bond donors (Lipinski definition) is 2. The SMILES string of the molecule is CCCC[C@H](Oc1ccccc1CNc1cccc(C=Cc2ccc3ccc(Cl)cc3n2)c1)C(=O)O. The van der Waals surface area contributed by atoms with E-state index in [2.05, 4.69) is 16.4 Å². The molecule has 184 valence electrons. The van der Waals surface area contributed by atoms with Crippen LogP contribution in [0.5, 0.6) is 5.75 Å². The van der Waals surface area contributed by atoms with Gasteiger partial charge in [-0.1, -0.05) is 73.5 Å². The minimum Gasteiger partial charge on any atom is -0.479 e. The Bertz CT molecular complexity index is 1370. The summed E-state index contributed by atoms with van der Waals surface area (Å²) in [6.07, 6.45) is 5.37. The van der Waals surface area contributed by atoms with Crippen LogP contribution in [-0.2, 0) is 11.3 Å². The Kier molecular flexibility index (Phi) is 8.58. The molecule has 0 radical (unpaired) electrons. The molecule has 0 aliphatic rings. The van der Waals surface area contributed by atoms with E-state index in [0.717, 1.165) is 46.3 Å². The summed E-state index contributed by atoms with van der Waals surface area (Å²) in [6, 6.07) is 25.3. The number of rotatable bonds is 11. The van der Waals surface area contributed by atoms with Crippen LogP contribution in [0.2, 0.25) is 5.02 Å². The number of aliphatic carboxylic acids is 1. The number of pyridine rings is 1. The van der Waals surface area contributed by atoms with Gasteiger partial charge in [0.1, 0.15) is 5.75 Å². The highest BCUT2D eigenvalue weighted by Crippen LogP contribution is 2.23. The maximum atomic E-state index is 11.6. The lowest BCUT2D eigenvalue weighted by Crippen LogP contribution is -2.27. The minimum absolute atomic E-state index is 0.487. The zero-order valence-corrected chi connectivity index (χ0v) is 20.9. The van der Waals surface area contributed by atoms with E-state index < -0.39 is 12.1 Å². The molecule has 0 fully saturated rings. The Morgan fingerprint density at radius 2 is 1.89 bits per heavy atom. The Morgan fingerprint density at radius 1 is 1.06 bits per heavy atom. The van der Waals surface area contributed by atoms with Gasteiger partial charge in [-0.3, -0.25) is 0 Å². The van der Waals surface area contributed by atoms with E-state index in [1.54, 1.807) is 0 Å². The van der Waals surface area contributed by atoms with E-state index >= 15 is 0 Å². The molecule has 0 aliphatic heterocycles. The number of ether oxygens (including phenoxy) is 1. The standard InChI is InChI=1S/C30H29ClN2O3/c1-2-3-10-29(30(34)35)36-28-11-5-4-8-23(28)20-32-26-9-6-7-21(18-26)12-16-25-17-14-22-13-15-24(31)19-27(22)33-25/h4-9,11-19,29,32H,2-3,10,20H2,1H3,(H,34,35)/t29-/m0/s1. The summed E-state index contributed by atoms with van der Waals surface area (Å²) in [7, 11) is 0. The molecular weight excluding hydrogens is 472 g/mol. The van der Waals surface area contributed by atoms with Gasteiger partial charge in [-0.15, -0.1) is 0 Å². The third kappa shape index (κ3) is 6.86. The van der Waals surface area contributed by atoms with Crippen molar-refractivity contribution in [1.29, 1.82) is 0 Å². The van der Waals surface area contributed by atoms with Crippen molar-refractivity contribution in [3.8, 4) is 5.75 Å². The summed E-state index contributed by atoms with van der Waals surface area (Å²) in [5.74, 6) is -0.346. The molecule has 5 nitrogen and oxygen atoms in total. The van der Waals surface area contributed by atoms with Gasteiger partial charge in [-0.2, -0.15) is 0 Å². The maximum Gasteiger partial charge on any atom is 0.344 e. The van der Waals surface area contributed by atoms with Gasteiger partial charge >= 0.3 is 5.97 Å². The molecule has 1 aromatic heterocycles. The van der Waals surface area contributed by atoms with Crippen LogP contribution in [0.25, 0.3) is 23.1 Å². The van der Waals surface area contributed by atoms with Crippen LogP contribution < -0.4 is 10.1 Å². The Hall–Kier alpha value is -3.83. The fourth-order valence-corrected chi connectivity index (χ4v) is 4.04. The number of fused-ring (bicyclic) bond motifs is 1. The fourth-order valence-electron chi connectivity index (χ4n) is 3.87. The molecule has 6 heteroatoms. The molecule has 36 heavy (non-hydrogen) atoms. The fraction of sp³-hybridized carbons (Fsp3) is 0.200. The van der Waals surface area contributed by atoms with Gasteiger partial charge in [0.05, 0.1) is 11.2 Å². The molecule has 0 aliphatic carbocycles. The first-order chi connectivity index (χ1) is 17.5. The van der Waals surface area contributed by atoms with Crippen LogP contribution in [0, 0.1) is 0 Å². The summed E-state index contributed by atoms with van der Waals surface area (Å²) in [6.45, 7) is 2.55. The quantitative estimate of drug-likeness (QED) is 0.221. The largest absolute Gasteiger partial charge is 0.479 e. The van der Waals surface area contributed by atoms with Crippen molar-refractivity contribution >= 4 is 46.3 Å². The van der Waals surface area contributed by atoms with Crippen molar-refractivity contribution < 1.29 is 14.6 Å². The number of nitrogens with zero attached hydrogens (tertiary/aromatic N) is 1. The van der Waals surface area contributed by atoms with Crippen LogP contribution in [0.3, 0.4) is 0 Å². The summed E-state index contributed by atoms with van der Waals surface area (Å²) >= 11 is 6.10. The smallest absolute Gasteiger partial charge is 0.344 e. The number of hydrogen-bond acceptors (Lipinski definition) is 4. The first-order valence-electron chi connectivity index (χ1n) is 12.1. The van der Waals surface area contributed by atoms with Gasteiger partial charge in [-0.25, -0.2) is 9.78 Å². The average Bonchev–Trinajstić information content (AvgIpc) is 2.89. The van der Waals surface area contributed by atoms with Crippen molar-refractivity contribution in [1.82, 2.24) is 4.98 Å². The summed E-state index contributed by atoms with van der Waals surface area (Å²) in [4.78, 5) is 16.3. The Morgan fingerprint density at radius 3 is 2.72 bits per heavy atom. The van der Waals surface area contributed by atoms with E-state index in [1.807, 2.05) is 91.9 Å². The molecule has 0 saturated heterocycles. The summed E-state index contributed by atoms with van der Waals surface area (Å²) in [5, 5.41) is 14.7. The van der Waals surface area contributed by atoms with E-state index in [-0.39, 0.29) is 0 Å². The van der Waals surface area contributed by atoms with Gasteiger partial charge in [0, 0.05) is 28.2 Å². The molecule has 4 rings (SSSR count). The minimum atomic E-state index is -0.935. The highest BCUT2D eigenvalue weighted by molar-refractivity contribution is 6.31. The molecule has 3 aromatic carbocycles. The third-order valence-corrected chi connectivity index (χ3v) is 6.06. The lowest BCUT2D eigenvalue weighted by Gasteiger charge is -2.18. The Labute approximate surface area is 216 Å². The molecule has 0 bridgehead atoms. The van der Waals surface area contributed by atoms with Gasteiger partial charge in [0.2, 0.25) is 0 Å². The number of unbranched alkanes of at least 4 members (excludes halogenated alkanes) is 1. The lowest BCUT2D eigenvalue weighted by molar-refractivity contribution is -0.145. The Balaban J connectivity index is 1.43. The van der Waals surface area contributed by atoms with Crippen molar-refractivity contribution in [3.63, 3.8) is 0 Å². The predicted octanol–water partition coefficient (Wildman–Crippen LogP) is 7.69. The van der Waals surface area contributed by atoms with Crippen molar-refractivity contribution in [2.75, 3.05) is 5.32 Å². The van der Waals surface area contributed by atoms with E-state index in [9.17, 15) is 9.90 Å². The number of halogens is 1. The first-order valence-corrected chi connectivity index (χ1v) is 12.5. The number of anilines is 1. The van der Waals surface area contributed by atoms with E-state index in [1.165, 1.54) is 0 Å². The van der Waals surface area contributed by atoms with Crippen LogP contribution in [-0.4, -0.2) is 22.2 Å². The second-order valence-corrected chi connectivity index (χ2v) is 9.02. The second kappa shape index (κ2) is 12.2. The lowest BCUT2D eigenvalue weighted by atomic mass is 10.1. The third-order valence-electron chi connectivity index (χ3n) is 5.83. The molecule has 4 aromatic rings. The van der Waals surface area contributed by atoms with E-state index in [0.29, 0.717) is 23.7 Å². The number of benzene rings is 3. The van der Waals surface area contributed by atoms with Crippen LogP contribution in [0.4, 0.5) is 5.69 Å². The molecule has 1 heterocycles. The van der Waals surface area contributed by atoms with Gasteiger partial charge < -0.3 is 15.2 Å². The van der Waals surface area contributed by atoms with Crippen molar-refractivity contribution in [3.05, 3.63) is 101 Å². The summed E-state index contributed by atoms with van der Waals surface area (Å²) in [5.41, 5.74) is 4.60. The topological polar surface area (TPSA) is 71.5 Å². The highest BCUT2D eigenvalue weighted by atomic mass is 35.5. The molecule has 0 saturated carbocycles. The highest BCUT2D eigenvalue weighted by Gasteiger charge is 2.20. The van der Waals surface area contributed by atoms with Gasteiger partial charge in [0.15, 0.2) is 6.10 Å². The molecule has 0 amide bonds. The molecule has 2 N–H and O–H groups in total. The van der Waals surface area contributed by atoms with Crippen LogP contribution in [0.15, 0.2) is 78.9 Å². The van der Waals surface area contributed by atoms with E-state index in [4.69, 9.17) is 16.3 Å². The summed E-state index contributed by atoms with van der Waals surface area (Å²) < 4.78 is 5.88. The number of para-hydroxylation sites is 1. The molecule has 0 unspecified atom stereocenters. The first kappa shape index (κ1) is 25.3. The van der Waals surface area contributed by atoms with Gasteiger partial charge in [-0.05, 0) is 60.9 Å². The van der Waals surface area contributed by atoms with Crippen molar-refractivity contribution in [2.45, 2.75) is 38.8 Å². The van der Waals surface area contributed by atoms with Crippen molar-refractivity contribution in [2.24, 2.45) is 0 Å². The van der Waals surface area contributed by atoms with Crippen LogP contribution in [0.1, 0.15) is 43.0 Å². The predicted molar refractivity (Wildman–Crippen MR) is 147 cm³/mol. The normalized spacial score (nSPS) is 12.1. The monoisotopic (exact) mass is 500 g/mol. The molecule has 1 atom stereocenters. The number of nitrogens with one attached hydrogen (secondary N) is 1. The number of carbonyl (C=O) groups is 1. The maximum absolute atomic E-state index is 11.6. The zero-order valence-electron chi connectivity index (χ0n) is 20.2. The second-order valence-electron chi connectivity index (χ2n) is 8.58. The number of carboxylic acids is 1. The van der Waals surface area contributed by atoms with Crippen LogP contribution >= 0.6 is 11.6 Å².